The number of nitrogens with zero attached hydrogens (tertiary/aromatic N) is 3. The Kier molecular flexibility index (Phi) is 1.46. The lowest BCUT2D eigenvalue weighted by molar-refractivity contribution is 1.11. The monoisotopic (exact) mass is 209 g/mol. The van der Waals surface area contributed by atoms with Crippen LogP contribution in [0.1, 0.15) is 0 Å². The zero-order valence-corrected chi connectivity index (χ0v) is 7.54. The Morgan fingerprint density at radius 3 is 2.91 bits per heavy atom. The normalized spacial score (nSPS) is 10.6. The molecule has 0 spiro atoms. The van der Waals surface area contributed by atoms with Gasteiger partial charge in [0.05, 0.1) is 12.4 Å². The van der Waals surface area contributed by atoms with Crippen LogP contribution in [0, 0.1) is 0 Å². The lowest BCUT2D eigenvalue weighted by atomic mass is 10.1. The van der Waals surface area contributed by atoms with Crippen LogP contribution >= 0.6 is 15.9 Å². The van der Waals surface area contributed by atoms with Gasteiger partial charge in [-0.1, -0.05) is 0 Å². The van der Waals surface area contributed by atoms with Gasteiger partial charge in [0.15, 0.2) is 13.5 Å². The molecular weight excluding hydrogens is 205 g/mol. The predicted octanol–water partition coefficient (Wildman–Crippen LogP) is -0.250. The molecule has 2 aromatic heterocycles. The Hall–Kier alpha value is -0.835. The summed E-state index contributed by atoms with van der Waals surface area (Å²) in [6.45, 7) is 0. The fraction of sp³-hybridized carbons (Fsp3) is 0. The first-order chi connectivity index (χ1) is 5.29. The molecule has 0 fully saturated rings. The minimum Gasteiger partial charge on any atom is -0.298 e. The van der Waals surface area contributed by atoms with E-state index in [0.29, 0.717) is 0 Å². The van der Waals surface area contributed by atoms with Crippen molar-refractivity contribution in [1.29, 1.82) is 0 Å². The number of aromatic nitrogens is 3. The van der Waals surface area contributed by atoms with Gasteiger partial charge in [0.2, 0.25) is 0 Å². The molecule has 3 nitrogen and oxygen atoms in total. The Bertz CT molecular complexity index is 398. The molecule has 0 saturated heterocycles. The number of fused-ring (bicyclic) bond motifs is 1. The molecule has 2 rings (SSSR count). The van der Waals surface area contributed by atoms with E-state index in [1.54, 1.807) is 12.4 Å². The number of hydrogen-bond acceptors (Lipinski definition) is 2. The zero-order valence-electron chi connectivity index (χ0n) is 5.95. The topological polar surface area (TPSA) is 30.2 Å². The minimum absolute atomic E-state index is 0.872. The van der Waals surface area contributed by atoms with Gasteiger partial charge in [-0.25, -0.2) is 4.98 Å². The molecule has 0 saturated carbocycles. The van der Waals surface area contributed by atoms with E-state index >= 15 is 0 Å². The molecule has 0 bridgehead atoms. The summed E-state index contributed by atoms with van der Waals surface area (Å²) < 4.78 is 2.93. The Morgan fingerprint density at radius 1 is 1.36 bits per heavy atom. The maximum absolute atomic E-state index is 4.15. The third kappa shape index (κ3) is 0.958. The van der Waals surface area contributed by atoms with Gasteiger partial charge in [-0.3, -0.25) is 9.38 Å². The maximum atomic E-state index is 4.15. The van der Waals surface area contributed by atoms with Gasteiger partial charge in [0.1, 0.15) is 4.60 Å². The molecule has 0 N–H and O–H groups in total. The summed E-state index contributed by atoms with van der Waals surface area (Å²) in [6, 6.07) is 0. The highest BCUT2D eigenvalue weighted by atomic mass is 79.9. The molecule has 0 amide bonds. The van der Waals surface area contributed by atoms with E-state index in [2.05, 4.69) is 25.9 Å². The number of rotatable bonds is 0. The summed E-state index contributed by atoms with van der Waals surface area (Å²) in [5.41, 5.74) is 1.98. The van der Waals surface area contributed by atoms with Crippen molar-refractivity contribution in [2.75, 3.05) is 0 Å². The van der Waals surface area contributed by atoms with Crippen molar-refractivity contribution in [3.05, 3.63) is 23.2 Å². The van der Waals surface area contributed by atoms with Gasteiger partial charge in [0, 0.05) is 6.20 Å². The minimum atomic E-state index is 0.872. The molecule has 2 heterocycles. The van der Waals surface area contributed by atoms with Gasteiger partial charge in [-0.2, -0.15) is 0 Å². The molecular formula is C6H5BBrN3. The van der Waals surface area contributed by atoms with Gasteiger partial charge < -0.3 is 0 Å². The van der Waals surface area contributed by atoms with Crippen LogP contribution < -0.4 is 5.59 Å². The first kappa shape index (κ1) is 6.85. The Labute approximate surface area is 73.0 Å². The fourth-order valence-electron chi connectivity index (χ4n) is 1.05. The second-order valence-corrected chi connectivity index (χ2v) is 3.14. The van der Waals surface area contributed by atoms with E-state index in [1.165, 1.54) is 0 Å². The molecule has 2 aromatic rings. The van der Waals surface area contributed by atoms with Crippen LogP contribution in [0.2, 0.25) is 0 Å². The van der Waals surface area contributed by atoms with Gasteiger partial charge in [-0.15, -0.1) is 0 Å². The third-order valence-electron chi connectivity index (χ3n) is 1.55. The van der Waals surface area contributed by atoms with Crippen LogP contribution in [0.4, 0.5) is 0 Å². The highest BCUT2D eigenvalue weighted by Crippen LogP contribution is 2.07. The lowest BCUT2D eigenvalue weighted by Gasteiger charge is -1.97. The van der Waals surface area contributed by atoms with Gasteiger partial charge in [-0.05, 0) is 21.5 Å². The lowest BCUT2D eigenvalue weighted by Crippen LogP contribution is -2.10. The highest BCUT2D eigenvalue weighted by Gasteiger charge is 2.00. The molecule has 54 valence electrons. The van der Waals surface area contributed by atoms with E-state index in [-0.39, 0.29) is 0 Å². The first-order valence-electron chi connectivity index (χ1n) is 3.22. The molecule has 0 radical (unpaired) electrons. The van der Waals surface area contributed by atoms with Crippen molar-refractivity contribution < 1.29 is 0 Å². The Morgan fingerprint density at radius 2 is 2.18 bits per heavy atom. The van der Waals surface area contributed by atoms with Gasteiger partial charge >= 0.3 is 0 Å². The third-order valence-corrected chi connectivity index (χ3v) is 2.11. The van der Waals surface area contributed by atoms with Crippen molar-refractivity contribution in [2.45, 2.75) is 0 Å². The van der Waals surface area contributed by atoms with Crippen LogP contribution in [0.3, 0.4) is 0 Å². The van der Waals surface area contributed by atoms with Crippen molar-refractivity contribution in [1.82, 2.24) is 14.4 Å². The maximum Gasteiger partial charge on any atom is 0.163 e. The van der Waals surface area contributed by atoms with E-state index in [4.69, 9.17) is 0 Å². The SMILES string of the molecule is Bc1cnc2cncc(Br)n12. The summed E-state index contributed by atoms with van der Waals surface area (Å²) in [4.78, 5) is 8.15. The quantitative estimate of drug-likeness (QED) is 0.561. The molecule has 11 heavy (non-hydrogen) atoms. The molecule has 0 aliphatic rings. The van der Waals surface area contributed by atoms with Gasteiger partial charge in [0.25, 0.3) is 0 Å². The van der Waals surface area contributed by atoms with Crippen molar-refractivity contribution in [2.24, 2.45) is 0 Å². The van der Waals surface area contributed by atoms with Crippen LogP contribution in [0.5, 0.6) is 0 Å². The smallest absolute Gasteiger partial charge is 0.163 e. The second-order valence-electron chi connectivity index (χ2n) is 2.32. The summed E-state index contributed by atoms with van der Waals surface area (Å²) in [6.07, 6.45) is 5.31. The molecule has 0 aromatic carbocycles. The molecule has 0 aliphatic carbocycles. The predicted molar refractivity (Wildman–Crippen MR) is 48.9 cm³/mol. The van der Waals surface area contributed by atoms with Crippen LogP contribution in [-0.2, 0) is 0 Å². The van der Waals surface area contributed by atoms with Crippen molar-refractivity contribution >= 4 is 35.0 Å². The zero-order chi connectivity index (χ0) is 7.84. The highest BCUT2D eigenvalue weighted by molar-refractivity contribution is 9.10. The molecule has 0 aliphatic heterocycles. The van der Waals surface area contributed by atoms with Crippen molar-refractivity contribution in [3.8, 4) is 0 Å². The van der Waals surface area contributed by atoms with Crippen LogP contribution in [0.15, 0.2) is 23.2 Å². The second kappa shape index (κ2) is 2.34. The Balaban J connectivity index is 2.96. The van der Waals surface area contributed by atoms with E-state index in [9.17, 15) is 0 Å². The first-order valence-corrected chi connectivity index (χ1v) is 4.02. The molecule has 0 unspecified atom stereocenters. The standard InChI is InChI=1S/C6H5BBrN3/c7-4-1-10-6-3-9-2-5(8)11(4)6/h1-3H,7H2. The summed E-state index contributed by atoms with van der Waals surface area (Å²) in [7, 11) is 2.00. The van der Waals surface area contributed by atoms with Crippen LogP contribution in [0.25, 0.3) is 5.65 Å². The van der Waals surface area contributed by atoms with Crippen LogP contribution in [-0.4, -0.2) is 22.2 Å². The van der Waals surface area contributed by atoms with E-state index in [0.717, 1.165) is 15.8 Å². The molecule has 0 atom stereocenters. The number of halogens is 1. The van der Waals surface area contributed by atoms with E-state index in [1.807, 2.05) is 18.4 Å². The van der Waals surface area contributed by atoms with Crippen molar-refractivity contribution in [3.63, 3.8) is 0 Å². The van der Waals surface area contributed by atoms with E-state index < -0.39 is 0 Å². The molecule has 5 heteroatoms. The summed E-state index contributed by atoms with van der Waals surface area (Å²) in [5.74, 6) is 0. The number of hydrogen-bond donors (Lipinski definition) is 0. The summed E-state index contributed by atoms with van der Waals surface area (Å²) in [5, 5.41) is 0. The average molecular weight is 210 g/mol. The fourth-order valence-corrected chi connectivity index (χ4v) is 1.63. The largest absolute Gasteiger partial charge is 0.298 e. The summed E-state index contributed by atoms with van der Waals surface area (Å²) >= 11 is 3.39. The average Bonchev–Trinajstić information content (AvgIpc) is 2.34. The number of imidazole rings is 1.